The Hall–Kier alpha value is 0.680. The maximum absolute atomic E-state index is 10.00. The van der Waals surface area contributed by atoms with Gasteiger partial charge in [0.05, 0.1) is 0 Å². The van der Waals surface area contributed by atoms with Crippen molar-refractivity contribution in [3.8, 4) is 0 Å². The van der Waals surface area contributed by atoms with Crippen molar-refractivity contribution in [2.45, 2.75) is 0 Å². The molecule has 0 radical (unpaired) electrons. The van der Waals surface area contributed by atoms with Crippen molar-refractivity contribution in [3.05, 3.63) is 0 Å². The first-order valence-electron chi connectivity index (χ1n) is 1.33. The molecule has 0 rings (SSSR count). The molecule has 0 fully saturated rings. The summed E-state index contributed by atoms with van der Waals surface area (Å²) in [6, 6.07) is 0. The second-order valence-electron chi connectivity index (χ2n) is 0.813. The zero-order valence-electron chi connectivity index (χ0n) is 3.26. The Labute approximate surface area is 40.8 Å². The summed E-state index contributed by atoms with van der Waals surface area (Å²) in [5.41, 5.74) is 0. The Morgan fingerprint density at radius 1 is 1.83 bits per heavy atom. The predicted molar refractivity (Wildman–Crippen MR) is 32.8 cm³/mol. The van der Waals surface area contributed by atoms with Crippen molar-refractivity contribution in [1.82, 2.24) is 0 Å². The Bertz CT molecular complexity index is 118. The first-order valence-corrected chi connectivity index (χ1v) is 6.69. The first-order chi connectivity index (χ1) is 2.64. The second kappa shape index (κ2) is 2.79. The Morgan fingerprint density at radius 3 is 2.00 bits per heavy atom. The minimum Gasteiger partial charge on any atom is -0.314 e. The molecule has 0 aromatic heterocycles. The summed E-state index contributed by atoms with van der Waals surface area (Å²) < 4.78 is 19.9. The number of thiol groups is 1. The fraction of sp³-hybridized carbons (Fsp3) is 1.00. The van der Waals surface area contributed by atoms with Gasteiger partial charge in [-0.05, 0) is 6.66 Å². The van der Waals surface area contributed by atoms with Gasteiger partial charge in [0.1, 0.15) is 7.00 Å². The van der Waals surface area contributed by atoms with Crippen LogP contribution in [0.25, 0.3) is 0 Å². The third-order valence-electron chi connectivity index (χ3n) is 0.286. The summed E-state index contributed by atoms with van der Waals surface area (Å²) in [6.45, 7) is 1.45. The van der Waals surface area contributed by atoms with Crippen LogP contribution in [0.1, 0.15) is 0 Å². The highest BCUT2D eigenvalue weighted by molar-refractivity contribution is 8.50. The molecule has 2 unspecified atom stereocenters. The van der Waals surface area contributed by atoms with Gasteiger partial charge in [0.25, 0.3) is 0 Å². The smallest absolute Gasteiger partial charge is 0.147 e. The lowest BCUT2D eigenvalue weighted by molar-refractivity contribution is 0.597. The van der Waals surface area contributed by atoms with Gasteiger partial charge >= 0.3 is 0 Å². The van der Waals surface area contributed by atoms with Crippen LogP contribution >= 0.6 is 15.0 Å². The molecule has 5 heteroatoms. The standard InChI is InChI=1S/CH6O2P2S/c1-5(2)6(3)4/h4-6H,1H3. The summed E-state index contributed by atoms with van der Waals surface area (Å²) >= 11 is 0. The molecule has 0 aliphatic heterocycles. The molecule has 0 aromatic rings. The third kappa shape index (κ3) is 2.89. The zero-order valence-corrected chi connectivity index (χ0v) is 6.16. The first kappa shape index (κ1) is 6.68. The normalized spacial score (nSPS) is 19.5. The van der Waals surface area contributed by atoms with Crippen LogP contribution in [0.4, 0.5) is 0 Å². The van der Waals surface area contributed by atoms with E-state index < -0.39 is 16.6 Å². The van der Waals surface area contributed by atoms with Crippen LogP contribution in [0.15, 0.2) is 0 Å². The molecule has 38 valence electrons. The van der Waals surface area contributed by atoms with E-state index in [9.17, 15) is 8.77 Å². The number of hydrogen-bond acceptors (Lipinski definition) is 2. The van der Waals surface area contributed by atoms with E-state index in [1.54, 1.807) is 0 Å². The van der Waals surface area contributed by atoms with Crippen molar-refractivity contribution >= 4 is 24.6 Å². The van der Waals surface area contributed by atoms with E-state index >= 15 is 0 Å². The van der Waals surface area contributed by atoms with E-state index in [-0.39, 0.29) is 0 Å². The van der Waals surface area contributed by atoms with Crippen molar-refractivity contribution in [2.24, 2.45) is 0 Å². The van der Waals surface area contributed by atoms with Crippen molar-refractivity contribution in [2.75, 3.05) is 6.66 Å². The molecule has 2 atom stereocenters. The van der Waals surface area contributed by atoms with E-state index in [1.807, 2.05) is 0 Å². The SMILES string of the molecule is C[PH](=O)[SH](=O)=P. The van der Waals surface area contributed by atoms with Crippen LogP contribution in [0, 0.1) is 0 Å². The fourth-order valence-electron chi connectivity index (χ4n) is 0. The van der Waals surface area contributed by atoms with Crippen molar-refractivity contribution in [3.63, 3.8) is 0 Å². The van der Waals surface area contributed by atoms with Crippen LogP contribution in [0.3, 0.4) is 0 Å². The highest BCUT2D eigenvalue weighted by atomic mass is 32.9. The van der Waals surface area contributed by atoms with Gasteiger partial charge < -0.3 is 4.57 Å². The summed E-state index contributed by atoms with van der Waals surface area (Å²) in [6.07, 6.45) is 0. The van der Waals surface area contributed by atoms with Crippen LogP contribution in [0.5, 0.6) is 0 Å². The maximum Gasteiger partial charge on any atom is 0.147 e. The molecule has 0 spiro atoms. The summed E-state index contributed by atoms with van der Waals surface area (Å²) in [4.78, 5) is 0. The van der Waals surface area contributed by atoms with Crippen LogP contribution in [-0.4, -0.2) is 10.9 Å². The quantitative estimate of drug-likeness (QED) is 0.432. The number of hydrogen-bond donors (Lipinski definition) is 1. The molecule has 0 saturated heterocycles. The molecule has 6 heavy (non-hydrogen) atoms. The molecular weight excluding hydrogens is 138 g/mol. The van der Waals surface area contributed by atoms with Gasteiger partial charge in [0.2, 0.25) is 0 Å². The maximum atomic E-state index is 10.00. The molecule has 0 aliphatic carbocycles. The predicted octanol–water partition coefficient (Wildman–Crippen LogP) is 0.630. The molecular formula is CH6O2P2S. The molecule has 0 heterocycles. The van der Waals surface area contributed by atoms with Gasteiger partial charge in [-0.2, -0.15) is 0 Å². The zero-order chi connectivity index (χ0) is 5.15. The number of rotatable bonds is 1. The third-order valence-corrected chi connectivity index (χ3v) is 5.41. The highest BCUT2D eigenvalue weighted by Crippen LogP contribution is 2.15. The summed E-state index contributed by atoms with van der Waals surface area (Å²) in [7, 11) is -0.611. The average molecular weight is 144 g/mol. The Morgan fingerprint density at radius 2 is 2.00 bits per heavy atom. The van der Waals surface area contributed by atoms with Crippen LogP contribution in [-0.2, 0) is 14.2 Å². The minimum absolute atomic E-state index is 1.45. The van der Waals surface area contributed by atoms with Gasteiger partial charge in [-0.1, -0.05) is 8.02 Å². The van der Waals surface area contributed by atoms with Crippen LogP contribution < -0.4 is 0 Å². The van der Waals surface area contributed by atoms with Crippen molar-refractivity contribution < 1.29 is 8.77 Å². The monoisotopic (exact) mass is 144 g/mol. The lowest BCUT2D eigenvalue weighted by atomic mass is 12.0. The van der Waals surface area contributed by atoms with Gasteiger partial charge in [0.15, 0.2) is 0 Å². The highest BCUT2D eigenvalue weighted by Gasteiger charge is 1.77. The van der Waals surface area contributed by atoms with Gasteiger partial charge in [-0.15, -0.1) is 0 Å². The molecule has 0 aromatic carbocycles. The van der Waals surface area contributed by atoms with E-state index in [1.165, 1.54) is 6.66 Å². The largest absolute Gasteiger partial charge is 0.314 e. The molecule has 0 N–H and O–H groups in total. The lowest BCUT2D eigenvalue weighted by Gasteiger charge is -1.71. The van der Waals surface area contributed by atoms with Crippen molar-refractivity contribution in [1.29, 1.82) is 0 Å². The molecule has 0 saturated carbocycles. The second-order valence-corrected chi connectivity index (χ2v) is 8.11. The van der Waals surface area contributed by atoms with E-state index in [0.717, 1.165) is 0 Å². The van der Waals surface area contributed by atoms with E-state index in [2.05, 4.69) is 8.02 Å². The minimum atomic E-state index is -1.78. The topological polar surface area (TPSA) is 34.1 Å². The Balaban J connectivity index is 3.94. The van der Waals surface area contributed by atoms with Gasteiger partial charge in [0, 0.05) is 9.60 Å². The molecule has 0 amide bonds. The lowest BCUT2D eigenvalue weighted by Crippen LogP contribution is -1.48. The summed E-state index contributed by atoms with van der Waals surface area (Å²) in [5.74, 6) is 0. The van der Waals surface area contributed by atoms with Crippen LogP contribution in [0.2, 0.25) is 0 Å². The van der Waals surface area contributed by atoms with Gasteiger partial charge in [-0.3, -0.25) is 4.21 Å². The van der Waals surface area contributed by atoms with E-state index in [0.29, 0.717) is 0 Å². The van der Waals surface area contributed by atoms with Gasteiger partial charge in [-0.25, -0.2) is 0 Å². The van der Waals surface area contributed by atoms with E-state index in [4.69, 9.17) is 0 Å². The molecule has 0 aliphatic rings. The molecule has 2 nitrogen and oxygen atoms in total. The average Bonchev–Trinajstić information content (AvgIpc) is 1.36. The molecule has 0 bridgehead atoms. The fourth-order valence-corrected chi connectivity index (χ4v) is 0. The summed E-state index contributed by atoms with van der Waals surface area (Å²) in [5, 5.41) is 0. The Kier molecular flexibility index (Phi) is 3.10.